The molecular formula is C14H23BrN2O2+2. The Labute approximate surface area is 123 Å². The van der Waals surface area contributed by atoms with E-state index in [2.05, 4.69) is 22.9 Å². The summed E-state index contributed by atoms with van der Waals surface area (Å²) in [5, 5.41) is 9.81. The molecule has 1 aromatic carbocycles. The van der Waals surface area contributed by atoms with Crippen LogP contribution in [0, 0.1) is 0 Å². The summed E-state index contributed by atoms with van der Waals surface area (Å²) in [6, 6.07) is 3.93. The van der Waals surface area contributed by atoms with Gasteiger partial charge in [-0.3, -0.25) is 0 Å². The van der Waals surface area contributed by atoms with Gasteiger partial charge in [-0.25, -0.2) is 0 Å². The first-order valence-corrected chi connectivity index (χ1v) is 7.65. The van der Waals surface area contributed by atoms with Gasteiger partial charge < -0.3 is 19.6 Å². The molecule has 0 aliphatic carbocycles. The molecule has 0 aromatic heterocycles. The number of phenolic OH excluding ortho intramolecular Hbond substituents is 1. The third kappa shape index (κ3) is 3.61. The quantitative estimate of drug-likeness (QED) is 0.694. The van der Waals surface area contributed by atoms with Crippen molar-refractivity contribution in [1.29, 1.82) is 0 Å². The zero-order valence-electron chi connectivity index (χ0n) is 11.6. The van der Waals surface area contributed by atoms with Crippen molar-refractivity contribution in [2.45, 2.75) is 13.5 Å². The van der Waals surface area contributed by atoms with E-state index in [9.17, 15) is 5.11 Å². The first kappa shape index (κ1) is 14.6. The Morgan fingerprint density at radius 2 is 1.84 bits per heavy atom. The summed E-state index contributed by atoms with van der Waals surface area (Å²) in [4.78, 5) is 3.31. The molecule has 4 nitrogen and oxygen atoms in total. The fourth-order valence-corrected chi connectivity index (χ4v) is 3.15. The number of aromatic hydroxyl groups is 1. The smallest absolute Gasteiger partial charge is 0.172 e. The van der Waals surface area contributed by atoms with Crippen molar-refractivity contribution >= 4 is 15.9 Å². The summed E-state index contributed by atoms with van der Waals surface area (Å²) in [6.45, 7) is 9.40. The first-order chi connectivity index (χ1) is 9.13. The summed E-state index contributed by atoms with van der Waals surface area (Å²) in [5.74, 6) is 0.725. The molecule has 2 rings (SSSR count). The fraction of sp³-hybridized carbons (Fsp3) is 0.571. The summed E-state index contributed by atoms with van der Waals surface area (Å²) in [5.41, 5.74) is 1.21. The van der Waals surface area contributed by atoms with E-state index in [0.29, 0.717) is 10.2 Å². The third-order valence-electron chi connectivity index (χ3n) is 3.93. The summed E-state index contributed by atoms with van der Waals surface area (Å²) < 4.78 is 5.90. The first-order valence-electron chi connectivity index (χ1n) is 6.86. The van der Waals surface area contributed by atoms with E-state index >= 15 is 0 Å². The topological polar surface area (TPSA) is 38.3 Å². The molecule has 1 fully saturated rings. The fourth-order valence-electron chi connectivity index (χ4n) is 2.66. The monoisotopic (exact) mass is 330 g/mol. The van der Waals surface area contributed by atoms with Crippen molar-refractivity contribution in [3.05, 3.63) is 22.2 Å². The van der Waals surface area contributed by atoms with Crippen LogP contribution in [0.2, 0.25) is 0 Å². The van der Waals surface area contributed by atoms with E-state index in [1.54, 1.807) is 16.9 Å². The minimum absolute atomic E-state index is 0.182. The molecule has 5 heteroatoms. The van der Waals surface area contributed by atoms with Gasteiger partial charge in [0.05, 0.1) is 18.1 Å². The van der Waals surface area contributed by atoms with Crippen LogP contribution < -0.4 is 14.5 Å². The number of benzene rings is 1. The molecule has 106 valence electrons. The molecule has 0 atom stereocenters. The average Bonchev–Trinajstić information content (AvgIpc) is 2.43. The van der Waals surface area contributed by atoms with Gasteiger partial charge in [0.1, 0.15) is 32.7 Å². The van der Waals surface area contributed by atoms with Gasteiger partial charge in [-0.1, -0.05) is 0 Å². The molecular weight excluding hydrogens is 308 g/mol. The lowest BCUT2D eigenvalue weighted by Crippen LogP contribution is -3.27. The van der Waals surface area contributed by atoms with Crippen molar-refractivity contribution in [2.75, 3.05) is 39.8 Å². The zero-order chi connectivity index (χ0) is 13.8. The highest BCUT2D eigenvalue weighted by Gasteiger charge is 2.22. The number of ether oxygens (including phenoxy) is 1. The Bertz CT molecular complexity index is 432. The van der Waals surface area contributed by atoms with Gasteiger partial charge in [0.15, 0.2) is 11.5 Å². The molecule has 0 bridgehead atoms. The predicted octanol–water partition coefficient (Wildman–Crippen LogP) is -0.533. The zero-order valence-corrected chi connectivity index (χ0v) is 13.2. The number of rotatable bonds is 4. The highest BCUT2D eigenvalue weighted by atomic mass is 79.9. The van der Waals surface area contributed by atoms with Gasteiger partial charge in [-0.15, -0.1) is 0 Å². The molecule has 1 heterocycles. The molecule has 0 radical (unpaired) electrons. The number of likely N-dealkylation sites (N-methyl/N-ethyl adjacent to an activating group) is 1. The van der Waals surface area contributed by atoms with E-state index in [4.69, 9.17) is 4.74 Å². The molecule has 1 aromatic rings. The van der Waals surface area contributed by atoms with E-state index in [0.717, 1.165) is 6.54 Å². The molecule has 0 amide bonds. The Kier molecular flexibility index (Phi) is 5.07. The third-order valence-corrected chi connectivity index (χ3v) is 4.53. The van der Waals surface area contributed by atoms with Crippen molar-refractivity contribution in [3.8, 4) is 11.5 Å². The molecule has 1 saturated heterocycles. The molecule has 0 spiro atoms. The molecule has 19 heavy (non-hydrogen) atoms. The molecule has 1 aliphatic rings. The van der Waals surface area contributed by atoms with Gasteiger partial charge in [-0.05, 0) is 35.0 Å². The lowest BCUT2D eigenvalue weighted by Gasteiger charge is -2.29. The Morgan fingerprint density at radius 1 is 1.21 bits per heavy atom. The van der Waals surface area contributed by atoms with Crippen LogP contribution in [0.15, 0.2) is 16.6 Å². The number of piperazine rings is 1. The number of quaternary nitrogens is 2. The van der Waals surface area contributed by atoms with Gasteiger partial charge in [-0.2, -0.15) is 0 Å². The Balaban J connectivity index is 2.02. The maximum atomic E-state index is 9.81. The standard InChI is InChI=1S/C14H21BrN2O2/c1-3-16-4-6-17(7-5-16)10-11-8-12(15)14(18)13(9-11)19-2/h8-9,18H,3-7,10H2,1-2H3/p+2. The van der Waals surface area contributed by atoms with Gasteiger partial charge in [0.2, 0.25) is 0 Å². The van der Waals surface area contributed by atoms with E-state index in [1.807, 2.05) is 12.1 Å². The largest absolute Gasteiger partial charge is 0.503 e. The second-order valence-corrected chi connectivity index (χ2v) is 6.01. The van der Waals surface area contributed by atoms with Crippen LogP contribution in [-0.4, -0.2) is 44.9 Å². The van der Waals surface area contributed by atoms with E-state index < -0.39 is 0 Å². The maximum Gasteiger partial charge on any atom is 0.172 e. The number of hydrogen-bond acceptors (Lipinski definition) is 2. The molecule has 0 saturated carbocycles. The lowest BCUT2D eigenvalue weighted by molar-refractivity contribution is -1.02. The Hall–Kier alpha value is -0.780. The number of halogens is 1. The molecule has 1 aliphatic heterocycles. The van der Waals surface area contributed by atoms with Gasteiger partial charge >= 0.3 is 0 Å². The van der Waals surface area contributed by atoms with Crippen LogP contribution in [0.1, 0.15) is 12.5 Å². The number of phenols is 1. The van der Waals surface area contributed by atoms with E-state index in [1.165, 1.54) is 38.3 Å². The minimum atomic E-state index is 0.182. The van der Waals surface area contributed by atoms with Crippen LogP contribution in [0.3, 0.4) is 0 Å². The molecule has 3 N–H and O–H groups in total. The van der Waals surface area contributed by atoms with Crippen molar-refractivity contribution < 1.29 is 19.6 Å². The number of nitrogens with one attached hydrogen (secondary N) is 2. The highest BCUT2D eigenvalue weighted by Crippen LogP contribution is 2.34. The van der Waals surface area contributed by atoms with Crippen LogP contribution in [-0.2, 0) is 6.54 Å². The highest BCUT2D eigenvalue weighted by molar-refractivity contribution is 9.10. The van der Waals surface area contributed by atoms with Crippen LogP contribution in [0.25, 0.3) is 0 Å². The van der Waals surface area contributed by atoms with Gasteiger partial charge in [0, 0.05) is 5.56 Å². The minimum Gasteiger partial charge on any atom is -0.503 e. The normalized spacial score (nSPS) is 23.3. The SMILES string of the molecule is CC[NH+]1CC[NH+](Cc2cc(Br)c(O)c(OC)c2)CC1. The average molecular weight is 331 g/mol. The molecule has 0 unspecified atom stereocenters. The Morgan fingerprint density at radius 3 is 2.42 bits per heavy atom. The number of methoxy groups -OCH3 is 1. The van der Waals surface area contributed by atoms with Crippen LogP contribution >= 0.6 is 15.9 Å². The second-order valence-electron chi connectivity index (χ2n) is 5.16. The maximum absolute atomic E-state index is 9.81. The van der Waals surface area contributed by atoms with E-state index in [-0.39, 0.29) is 5.75 Å². The van der Waals surface area contributed by atoms with Crippen molar-refractivity contribution in [3.63, 3.8) is 0 Å². The predicted molar refractivity (Wildman–Crippen MR) is 78.0 cm³/mol. The van der Waals surface area contributed by atoms with Crippen LogP contribution in [0.5, 0.6) is 11.5 Å². The summed E-state index contributed by atoms with van der Waals surface area (Å²) in [7, 11) is 1.58. The van der Waals surface area contributed by atoms with Gasteiger partial charge in [0.25, 0.3) is 0 Å². The second kappa shape index (κ2) is 6.59. The van der Waals surface area contributed by atoms with Crippen molar-refractivity contribution in [2.24, 2.45) is 0 Å². The summed E-state index contributed by atoms with van der Waals surface area (Å²) >= 11 is 3.38. The summed E-state index contributed by atoms with van der Waals surface area (Å²) in [6.07, 6.45) is 0. The van der Waals surface area contributed by atoms with Crippen molar-refractivity contribution in [1.82, 2.24) is 0 Å². The number of hydrogen-bond donors (Lipinski definition) is 3. The lowest BCUT2D eigenvalue weighted by atomic mass is 10.1. The van der Waals surface area contributed by atoms with Crippen LogP contribution in [0.4, 0.5) is 0 Å².